The predicted molar refractivity (Wildman–Crippen MR) is 150 cm³/mol. The van der Waals surface area contributed by atoms with Gasteiger partial charge in [0.05, 0.1) is 6.61 Å². The van der Waals surface area contributed by atoms with Crippen LogP contribution in [0.3, 0.4) is 0 Å². The van der Waals surface area contributed by atoms with E-state index in [1.165, 1.54) is 64.2 Å². The first-order chi connectivity index (χ1) is 17.8. The summed E-state index contributed by atoms with van der Waals surface area (Å²) in [4.78, 5) is 13.1. The highest BCUT2D eigenvalue weighted by atomic mass is 16.6. The van der Waals surface area contributed by atoms with Crippen LogP contribution in [0.15, 0.2) is 24.3 Å². The lowest BCUT2D eigenvalue weighted by atomic mass is 9.44. The monoisotopic (exact) mass is 509 g/mol. The zero-order valence-electron chi connectivity index (χ0n) is 23.8. The average Bonchev–Trinajstić information content (AvgIpc) is 3.25. The van der Waals surface area contributed by atoms with Gasteiger partial charge in [0.2, 0.25) is 0 Å². The molecule has 1 aromatic carbocycles. The molecule has 0 spiro atoms. The first kappa shape index (κ1) is 26.9. The summed E-state index contributed by atoms with van der Waals surface area (Å²) in [5.41, 5.74) is 7.54. The molecule has 2 unspecified atom stereocenters. The molecule has 4 fully saturated rings. The van der Waals surface area contributed by atoms with Crippen LogP contribution in [0.2, 0.25) is 0 Å². The lowest BCUT2D eigenvalue weighted by molar-refractivity contribution is -0.153. The number of benzene rings is 1. The summed E-state index contributed by atoms with van der Waals surface area (Å²) in [5, 5.41) is 0. The largest absolute Gasteiger partial charge is 0.479 e. The quantitative estimate of drug-likeness (QED) is 0.284. The van der Waals surface area contributed by atoms with Crippen LogP contribution >= 0.6 is 0 Å². The summed E-state index contributed by atoms with van der Waals surface area (Å²) >= 11 is 0. The molecule has 4 aliphatic carbocycles. The second-order valence-corrected chi connectivity index (χ2v) is 13.7. The number of anilines is 1. The number of rotatable bonds is 8. The van der Waals surface area contributed by atoms with Gasteiger partial charge in [0.1, 0.15) is 5.75 Å². The fraction of sp³-hybridized carbons (Fsp3) is 0.788. The third-order valence-electron chi connectivity index (χ3n) is 11.8. The minimum atomic E-state index is -0.569. The van der Waals surface area contributed by atoms with Gasteiger partial charge in [-0.05, 0) is 135 Å². The van der Waals surface area contributed by atoms with Gasteiger partial charge >= 0.3 is 5.97 Å². The van der Waals surface area contributed by atoms with Crippen molar-refractivity contribution in [2.24, 2.45) is 46.3 Å². The Bertz CT molecular complexity index is 930. The molecular weight excluding hydrogens is 458 g/mol. The van der Waals surface area contributed by atoms with Gasteiger partial charge in [-0.15, -0.1) is 0 Å². The lowest BCUT2D eigenvalue weighted by Gasteiger charge is -2.61. The fourth-order valence-electron chi connectivity index (χ4n) is 9.97. The van der Waals surface area contributed by atoms with Crippen LogP contribution in [0.4, 0.5) is 5.69 Å². The van der Waals surface area contributed by atoms with Gasteiger partial charge in [0, 0.05) is 5.69 Å². The molecule has 0 saturated heterocycles. The number of ether oxygens (including phenoxy) is 2. The fourth-order valence-corrected chi connectivity index (χ4v) is 9.97. The van der Waals surface area contributed by atoms with Crippen molar-refractivity contribution in [3.8, 4) is 5.75 Å². The van der Waals surface area contributed by atoms with Crippen LogP contribution in [-0.4, -0.2) is 18.7 Å². The van der Waals surface area contributed by atoms with Crippen LogP contribution in [-0.2, 0) is 9.53 Å². The number of esters is 1. The number of hydrogen-bond donors (Lipinski definition) is 1. The zero-order valence-corrected chi connectivity index (χ0v) is 23.8. The molecule has 5 rings (SSSR count). The summed E-state index contributed by atoms with van der Waals surface area (Å²) in [5.74, 6) is 5.19. The molecule has 4 heteroatoms. The van der Waals surface area contributed by atoms with E-state index in [9.17, 15) is 4.79 Å². The Morgan fingerprint density at radius 3 is 2.49 bits per heavy atom. The van der Waals surface area contributed by atoms with Crippen molar-refractivity contribution in [1.82, 2.24) is 0 Å². The standard InChI is InChI=1S/C33H51NO3/c1-5-20-36-31(35)30(37-25-12-10-24(34)11-13-25)21-22(2)27-15-16-28-26-14-9-23-8-6-7-18-32(23,3)29(26)17-19-33(27,28)4/h10-13,22-23,26-30H,5-9,14-21,34H2,1-4H3/t22-,23?,26+,27-,28+,29+,30?,32+,33-/m1/s1. The van der Waals surface area contributed by atoms with E-state index in [0.29, 0.717) is 47.1 Å². The molecule has 4 aliphatic rings. The van der Waals surface area contributed by atoms with E-state index >= 15 is 0 Å². The van der Waals surface area contributed by atoms with Gasteiger partial charge in [-0.25, -0.2) is 4.79 Å². The molecular formula is C33H51NO3. The number of nitrogen functional groups attached to an aromatic ring is 1. The molecule has 0 heterocycles. The Labute approximate surface area is 225 Å². The van der Waals surface area contributed by atoms with Crippen molar-refractivity contribution in [2.45, 2.75) is 111 Å². The third-order valence-corrected chi connectivity index (χ3v) is 11.8. The summed E-state index contributed by atoms with van der Waals surface area (Å²) < 4.78 is 11.8. The normalized spacial score (nSPS) is 38.5. The first-order valence-corrected chi connectivity index (χ1v) is 15.4. The van der Waals surface area contributed by atoms with Crippen LogP contribution in [0, 0.1) is 46.3 Å². The Balaban J connectivity index is 1.30. The van der Waals surface area contributed by atoms with Gasteiger partial charge < -0.3 is 15.2 Å². The van der Waals surface area contributed by atoms with E-state index < -0.39 is 6.10 Å². The number of carbonyl (C=O) groups is 1. The minimum Gasteiger partial charge on any atom is -0.479 e. The molecule has 0 aliphatic heterocycles. The van der Waals surface area contributed by atoms with Gasteiger partial charge in [-0.2, -0.15) is 0 Å². The maximum absolute atomic E-state index is 13.1. The van der Waals surface area contributed by atoms with Crippen LogP contribution < -0.4 is 10.5 Å². The Hall–Kier alpha value is -1.71. The third kappa shape index (κ3) is 5.03. The second-order valence-electron chi connectivity index (χ2n) is 13.7. The lowest BCUT2D eigenvalue weighted by Crippen LogP contribution is -2.53. The molecule has 2 N–H and O–H groups in total. The van der Waals surface area contributed by atoms with Crippen molar-refractivity contribution in [1.29, 1.82) is 0 Å². The van der Waals surface area contributed by atoms with Crippen molar-refractivity contribution >= 4 is 11.7 Å². The summed E-state index contributed by atoms with van der Waals surface area (Å²) in [6.45, 7) is 10.1. The molecule has 0 radical (unpaired) electrons. The number of hydrogen-bond acceptors (Lipinski definition) is 4. The summed E-state index contributed by atoms with van der Waals surface area (Å²) in [7, 11) is 0. The highest BCUT2D eigenvalue weighted by Crippen LogP contribution is 2.68. The molecule has 0 bridgehead atoms. The van der Waals surface area contributed by atoms with E-state index in [1.807, 2.05) is 31.2 Å². The molecule has 4 saturated carbocycles. The van der Waals surface area contributed by atoms with Crippen LogP contribution in [0.25, 0.3) is 0 Å². The highest BCUT2D eigenvalue weighted by Gasteiger charge is 2.60. The van der Waals surface area contributed by atoms with Crippen LogP contribution in [0.5, 0.6) is 5.75 Å². The van der Waals surface area contributed by atoms with Crippen molar-refractivity contribution in [2.75, 3.05) is 12.3 Å². The first-order valence-electron chi connectivity index (χ1n) is 15.4. The zero-order chi connectivity index (χ0) is 26.2. The van der Waals surface area contributed by atoms with E-state index in [4.69, 9.17) is 15.2 Å². The summed E-state index contributed by atoms with van der Waals surface area (Å²) in [6, 6.07) is 7.37. The average molecular weight is 510 g/mol. The predicted octanol–water partition coefficient (Wildman–Crippen LogP) is 8.04. The van der Waals surface area contributed by atoms with E-state index in [0.717, 1.165) is 30.1 Å². The highest BCUT2D eigenvalue weighted by molar-refractivity contribution is 5.75. The van der Waals surface area contributed by atoms with Gasteiger partial charge in [-0.3, -0.25) is 0 Å². The SMILES string of the molecule is CCCOC(=O)C(C[C@@H](C)[C@H]1CC[C@H]2[C@@H]3CCC4CCCC[C@]4(C)[C@H]3CC[C@]12C)Oc1ccc(N)cc1. The summed E-state index contributed by atoms with van der Waals surface area (Å²) in [6.07, 6.45) is 15.2. The number of fused-ring (bicyclic) bond motifs is 5. The van der Waals surface area contributed by atoms with Crippen molar-refractivity contribution in [3.05, 3.63) is 24.3 Å². The van der Waals surface area contributed by atoms with E-state index in [2.05, 4.69) is 20.8 Å². The molecule has 0 amide bonds. The smallest absolute Gasteiger partial charge is 0.347 e. The second kappa shape index (κ2) is 10.8. The molecule has 206 valence electrons. The van der Waals surface area contributed by atoms with E-state index in [1.54, 1.807) is 0 Å². The van der Waals surface area contributed by atoms with E-state index in [-0.39, 0.29) is 5.97 Å². The molecule has 0 aromatic heterocycles. The molecule has 9 atom stereocenters. The molecule has 4 nitrogen and oxygen atoms in total. The van der Waals surface area contributed by atoms with Gasteiger partial charge in [0.15, 0.2) is 6.10 Å². The maximum Gasteiger partial charge on any atom is 0.347 e. The van der Waals surface area contributed by atoms with Gasteiger partial charge in [0.25, 0.3) is 0 Å². The minimum absolute atomic E-state index is 0.225. The van der Waals surface area contributed by atoms with Crippen molar-refractivity contribution in [3.63, 3.8) is 0 Å². The Kier molecular flexibility index (Phi) is 7.85. The Morgan fingerprint density at radius 1 is 0.973 bits per heavy atom. The topological polar surface area (TPSA) is 61.5 Å². The van der Waals surface area contributed by atoms with Crippen molar-refractivity contribution < 1.29 is 14.3 Å². The number of nitrogens with two attached hydrogens (primary N) is 1. The maximum atomic E-state index is 13.1. The Morgan fingerprint density at radius 2 is 1.73 bits per heavy atom. The molecule has 37 heavy (non-hydrogen) atoms. The number of carbonyl (C=O) groups excluding carboxylic acids is 1. The van der Waals surface area contributed by atoms with Gasteiger partial charge in [-0.1, -0.05) is 40.5 Å². The molecule has 1 aromatic rings. The van der Waals surface area contributed by atoms with Crippen LogP contribution in [0.1, 0.15) is 105 Å².